The van der Waals surface area contributed by atoms with Crippen molar-refractivity contribution in [2.45, 2.75) is 39.2 Å². The highest BCUT2D eigenvalue weighted by Crippen LogP contribution is 2.10. The molecule has 0 atom stereocenters. The zero-order chi connectivity index (χ0) is 19.8. The van der Waals surface area contributed by atoms with Crippen molar-refractivity contribution in [1.29, 1.82) is 0 Å². The first-order chi connectivity index (χ1) is 12.9. The van der Waals surface area contributed by atoms with Crippen molar-refractivity contribution in [2.24, 2.45) is 4.99 Å². The molecule has 2 rings (SSSR count). The molecule has 0 radical (unpaired) electrons. The molecular weight excluding hydrogens is 471 g/mol. The Morgan fingerprint density at radius 2 is 1.57 bits per heavy atom. The Kier molecular flexibility index (Phi) is 11.1. The lowest BCUT2D eigenvalue weighted by atomic mass is 10.1. The van der Waals surface area contributed by atoms with Gasteiger partial charge in [0.15, 0.2) is 5.96 Å². The Hall–Kier alpha value is -1.10. The summed E-state index contributed by atoms with van der Waals surface area (Å²) in [6, 6.07) is 0.247. The Morgan fingerprint density at radius 1 is 0.964 bits per heavy atom. The van der Waals surface area contributed by atoms with E-state index in [1.807, 2.05) is 4.90 Å². The van der Waals surface area contributed by atoms with Crippen LogP contribution in [-0.4, -0.2) is 110 Å². The van der Waals surface area contributed by atoms with E-state index in [-0.39, 0.29) is 48.4 Å². The van der Waals surface area contributed by atoms with Gasteiger partial charge in [-0.3, -0.25) is 14.5 Å². The largest absolute Gasteiger partial charge is 0.354 e. The number of rotatable bonds is 5. The van der Waals surface area contributed by atoms with E-state index in [1.54, 1.807) is 19.0 Å². The number of nitrogens with one attached hydrogen (secondary N) is 1. The summed E-state index contributed by atoms with van der Waals surface area (Å²) < 4.78 is 0. The molecule has 2 heterocycles. The first kappa shape index (κ1) is 24.9. The smallest absolute Gasteiger partial charge is 0.243 e. The number of carbonyl (C=O) groups excluding carboxylic acids is 2. The van der Waals surface area contributed by atoms with Crippen molar-refractivity contribution in [3.05, 3.63) is 0 Å². The van der Waals surface area contributed by atoms with Crippen LogP contribution in [0.2, 0.25) is 0 Å². The molecule has 0 bridgehead atoms. The molecule has 9 heteroatoms. The normalized spacial score (nSPS) is 18.7. The highest BCUT2D eigenvalue weighted by Gasteiger charge is 2.24. The second-order valence-electron chi connectivity index (χ2n) is 7.93. The van der Waals surface area contributed by atoms with Crippen LogP contribution in [0, 0.1) is 0 Å². The third-order valence-electron chi connectivity index (χ3n) is 5.02. The van der Waals surface area contributed by atoms with Crippen molar-refractivity contribution in [3.63, 3.8) is 0 Å². The molecule has 0 aromatic rings. The van der Waals surface area contributed by atoms with Gasteiger partial charge < -0.3 is 20.0 Å². The van der Waals surface area contributed by atoms with Gasteiger partial charge in [0.25, 0.3) is 0 Å². The summed E-state index contributed by atoms with van der Waals surface area (Å²) in [5.41, 5.74) is 0. The van der Waals surface area contributed by atoms with Crippen molar-refractivity contribution in [3.8, 4) is 0 Å². The average Bonchev–Trinajstić information content (AvgIpc) is 2.65. The lowest BCUT2D eigenvalue weighted by Gasteiger charge is -2.38. The van der Waals surface area contributed by atoms with Gasteiger partial charge in [-0.1, -0.05) is 0 Å². The SMILES string of the molecule is CC(C)NC(=NCC(=O)N(C)C)N1CCN(CC(=O)N2CCCCC2)CC1.I. The topological polar surface area (TPSA) is 71.5 Å². The standard InChI is InChI=1S/C19H36N6O2.HI/c1-16(2)21-19(20-14-17(26)22(3)4)25-12-10-23(11-13-25)15-18(27)24-8-6-5-7-9-24;/h16H,5-15H2,1-4H3,(H,20,21);1H. The fraction of sp³-hybridized carbons (Fsp3) is 0.842. The van der Waals surface area contributed by atoms with Gasteiger partial charge in [-0.2, -0.15) is 0 Å². The van der Waals surface area contributed by atoms with Crippen LogP contribution in [0.1, 0.15) is 33.1 Å². The Labute approximate surface area is 186 Å². The molecule has 0 spiro atoms. The van der Waals surface area contributed by atoms with Gasteiger partial charge in [0, 0.05) is 59.4 Å². The van der Waals surface area contributed by atoms with Gasteiger partial charge in [0.2, 0.25) is 11.8 Å². The molecule has 8 nitrogen and oxygen atoms in total. The third-order valence-corrected chi connectivity index (χ3v) is 5.02. The van der Waals surface area contributed by atoms with E-state index in [1.165, 1.54) is 6.42 Å². The molecular formula is C19H37IN6O2. The van der Waals surface area contributed by atoms with Gasteiger partial charge in [-0.05, 0) is 33.1 Å². The number of piperidine rings is 1. The highest BCUT2D eigenvalue weighted by molar-refractivity contribution is 14.0. The number of likely N-dealkylation sites (N-methyl/N-ethyl adjacent to an activating group) is 1. The van der Waals surface area contributed by atoms with E-state index in [0.717, 1.165) is 58.1 Å². The number of hydrogen-bond acceptors (Lipinski definition) is 4. The molecule has 2 aliphatic rings. The van der Waals surface area contributed by atoms with Crippen LogP contribution in [0.5, 0.6) is 0 Å². The first-order valence-corrected chi connectivity index (χ1v) is 10.1. The van der Waals surface area contributed by atoms with Gasteiger partial charge in [-0.25, -0.2) is 4.99 Å². The summed E-state index contributed by atoms with van der Waals surface area (Å²) in [7, 11) is 3.48. The number of carbonyl (C=O) groups is 2. The molecule has 2 saturated heterocycles. The Balaban J connectivity index is 0.00000392. The minimum absolute atomic E-state index is 0. The quantitative estimate of drug-likeness (QED) is 0.336. The molecule has 28 heavy (non-hydrogen) atoms. The number of amides is 2. The fourth-order valence-electron chi connectivity index (χ4n) is 3.33. The summed E-state index contributed by atoms with van der Waals surface area (Å²) in [6.45, 7) is 9.89. The molecule has 0 aliphatic carbocycles. The monoisotopic (exact) mass is 508 g/mol. The van der Waals surface area contributed by atoms with Crippen molar-refractivity contribution in [2.75, 3.05) is 66.5 Å². The number of hydrogen-bond donors (Lipinski definition) is 1. The minimum Gasteiger partial charge on any atom is -0.354 e. The number of aliphatic imine (C=N–C) groups is 1. The van der Waals surface area contributed by atoms with Crippen LogP contribution in [0.3, 0.4) is 0 Å². The summed E-state index contributed by atoms with van der Waals surface area (Å²) >= 11 is 0. The predicted octanol–water partition coefficient (Wildman–Crippen LogP) is 0.677. The fourth-order valence-corrected chi connectivity index (χ4v) is 3.33. The number of halogens is 1. The summed E-state index contributed by atoms with van der Waals surface area (Å²) in [5.74, 6) is 1.03. The van der Waals surface area contributed by atoms with E-state index in [0.29, 0.717) is 6.54 Å². The van der Waals surface area contributed by atoms with Gasteiger partial charge in [-0.15, -0.1) is 24.0 Å². The zero-order valence-electron chi connectivity index (χ0n) is 17.8. The van der Waals surface area contributed by atoms with Crippen LogP contribution >= 0.6 is 24.0 Å². The first-order valence-electron chi connectivity index (χ1n) is 10.1. The molecule has 162 valence electrons. The number of piperazine rings is 1. The van der Waals surface area contributed by atoms with Crippen LogP contribution in [0.4, 0.5) is 0 Å². The molecule has 2 fully saturated rings. The number of likely N-dealkylation sites (tertiary alicyclic amines) is 1. The molecule has 0 aromatic carbocycles. The van der Waals surface area contributed by atoms with E-state index >= 15 is 0 Å². The maximum atomic E-state index is 12.5. The van der Waals surface area contributed by atoms with Crippen molar-refractivity contribution >= 4 is 41.8 Å². The zero-order valence-corrected chi connectivity index (χ0v) is 20.1. The maximum Gasteiger partial charge on any atom is 0.243 e. The highest BCUT2D eigenvalue weighted by atomic mass is 127. The Bertz CT molecular complexity index is 527. The van der Waals surface area contributed by atoms with Gasteiger partial charge in [0.05, 0.1) is 6.54 Å². The summed E-state index contributed by atoms with van der Waals surface area (Å²) in [5, 5.41) is 3.36. The number of nitrogens with zero attached hydrogens (tertiary/aromatic N) is 5. The molecule has 1 N–H and O–H groups in total. The molecule has 2 aliphatic heterocycles. The third kappa shape index (κ3) is 8.10. The van der Waals surface area contributed by atoms with E-state index in [4.69, 9.17) is 0 Å². The van der Waals surface area contributed by atoms with Crippen LogP contribution < -0.4 is 5.32 Å². The molecule has 0 unspecified atom stereocenters. The average molecular weight is 508 g/mol. The summed E-state index contributed by atoms with van der Waals surface area (Å²) in [6.07, 6.45) is 3.50. The van der Waals surface area contributed by atoms with E-state index in [9.17, 15) is 9.59 Å². The second-order valence-corrected chi connectivity index (χ2v) is 7.93. The van der Waals surface area contributed by atoms with Crippen molar-refractivity contribution < 1.29 is 9.59 Å². The second kappa shape index (κ2) is 12.5. The van der Waals surface area contributed by atoms with Crippen LogP contribution in [0.25, 0.3) is 0 Å². The number of guanidine groups is 1. The van der Waals surface area contributed by atoms with Crippen LogP contribution in [-0.2, 0) is 9.59 Å². The lowest BCUT2D eigenvalue weighted by molar-refractivity contribution is -0.133. The Morgan fingerprint density at radius 3 is 2.11 bits per heavy atom. The molecule has 2 amide bonds. The van der Waals surface area contributed by atoms with E-state index < -0.39 is 0 Å². The van der Waals surface area contributed by atoms with Crippen LogP contribution in [0.15, 0.2) is 4.99 Å². The van der Waals surface area contributed by atoms with Gasteiger partial charge >= 0.3 is 0 Å². The maximum absolute atomic E-state index is 12.5. The summed E-state index contributed by atoms with van der Waals surface area (Å²) in [4.78, 5) is 36.8. The van der Waals surface area contributed by atoms with E-state index in [2.05, 4.69) is 34.0 Å². The van der Waals surface area contributed by atoms with Crippen molar-refractivity contribution in [1.82, 2.24) is 24.9 Å². The predicted molar refractivity (Wildman–Crippen MR) is 123 cm³/mol. The lowest BCUT2D eigenvalue weighted by Crippen LogP contribution is -2.55. The van der Waals surface area contributed by atoms with Gasteiger partial charge in [0.1, 0.15) is 6.54 Å². The molecule has 0 saturated carbocycles. The minimum atomic E-state index is -0.0104. The molecule has 0 aromatic heterocycles.